The van der Waals surface area contributed by atoms with Crippen LogP contribution in [0.1, 0.15) is 49.2 Å². The first-order valence-electron chi connectivity index (χ1n) is 9.60. The number of nitrogens with zero attached hydrogens (tertiary/aromatic N) is 6. The molecule has 140 valence electrons. The summed E-state index contributed by atoms with van der Waals surface area (Å²) < 4.78 is 7.44. The van der Waals surface area contributed by atoms with Gasteiger partial charge in [-0.2, -0.15) is 0 Å². The van der Waals surface area contributed by atoms with Gasteiger partial charge in [0.2, 0.25) is 0 Å². The highest BCUT2D eigenvalue weighted by molar-refractivity contribution is 5.32. The van der Waals surface area contributed by atoms with Crippen molar-refractivity contribution < 1.29 is 4.74 Å². The van der Waals surface area contributed by atoms with Gasteiger partial charge >= 0.3 is 0 Å². The lowest BCUT2D eigenvalue weighted by Gasteiger charge is -2.37. The molecule has 7 heteroatoms. The summed E-state index contributed by atoms with van der Waals surface area (Å²) in [4.78, 5) is 4.89. The first kappa shape index (κ1) is 17.4. The molecule has 1 atom stereocenters. The van der Waals surface area contributed by atoms with E-state index in [4.69, 9.17) is 4.74 Å². The third kappa shape index (κ3) is 3.46. The summed E-state index contributed by atoms with van der Waals surface area (Å²) in [7, 11) is 3.88. The first-order valence-corrected chi connectivity index (χ1v) is 9.60. The van der Waals surface area contributed by atoms with E-state index in [1.54, 1.807) is 7.11 Å². The molecule has 1 aromatic carbocycles. The molecular formula is C19H28N6O. The molecule has 2 fully saturated rings. The predicted molar refractivity (Wildman–Crippen MR) is 99.2 cm³/mol. The smallest absolute Gasteiger partial charge is 0.173 e. The maximum absolute atomic E-state index is 5.34. The van der Waals surface area contributed by atoms with Crippen LogP contribution in [0.2, 0.25) is 0 Å². The predicted octanol–water partition coefficient (Wildman–Crippen LogP) is 2.13. The first-order chi connectivity index (χ1) is 12.8. The van der Waals surface area contributed by atoms with Gasteiger partial charge in [0.15, 0.2) is 5.82 Å². The van der Waals surface area contributed by atoms with Crippen LogP contribution in [0.3, 0.4) is 0 Å². The fraction of sp³-hybridized carbons (Fsp3) is 0.632. The molecule has 26 heavy (non-hydrogen) atoms. The van der Waals surface area contributed by atoms with Crippen molar-refractivity contribution in [1.29, 1.82) is 0 Å². The Bertz CT molecular complexity index is 701. The number of likely N-dealkylation sites (N-methyl/N-ethyl adjacent to an activating group) is 1. The highest BCUT2D eigenvalue weighted by Gasteiger charge is 2.32. The molecule has 1 saturated carbocycles. The third-order valence-electron chi connectivity index (χ3n) is 5.77. The number of rotatable bonds is 5. The Hall–Kier alpha value is -1.99. The highest BCUT2D eigenvalue weighted by Crippen LogP contribution is 2.34. The van der Waals surface area contributed by atoms with Crippen molar-refractivity contribution in [1.82, 2.24) is 30.0 Å². The Morgan fingerprint density at radius 1 is 1.04 bits per heavy atom. The van der Waals surface area contributed by atoms with Crippen molar-refractivity contribution in [3.63, 3.8) is 0 Å². The lowest BCUT2D eigenvalue weighted by Crippen LogP contribution is -2.46. The standard InChI is InChI=1S/C19H28N6O/c1-23-11-13-24(14-12-23)18(15-7-9-17(26-2)10-8-15)19-20-21-22-25(19)16-5-3-4-6-16/h7-10,16,18H,3-6,11-14H2,1-2H3. The lowest BCUT2D eigenvalue weighted by atomic mass is 10.0. The molecule has 0 spiro atoms. The number of tetrazole rings is 1. The van der Waals surface area contributed by atoms with E-state index in [-0.39, 0.29) is 6.04 Å². The Morgan fingerprint density at radius 2 is 1.73 bits per heavy atom. The molecular weight excluding hydrogens is 328 g/mol. The normalized spacial score (nSPS) is 21.2. The van der Waals surface area contributed by atoms with Gasteiger partial charge < -0.3 is 9.64 Å². The zero-order valence-corrected chi connectivity index (χ0v) is 15.7. The summed E-state index contributed by atoms with van der Waals surface area (Å²) in [5.41, 5.74) is 1.23. The van der Waals surface area contributed by atoms with Gasteiger partial charge in [-0.05, 0) is 48.0 Å². The van der Waals surface area contributed by atoms with Crippen molar-refractivity contribution in [2.75, 3.05) is 40.3 Å². The van der Waals surface area contributed by atoms with Gasteiger partial charge in [-0.1, -0.05) is 25.0 Å². The number of hydrogen-bond donors (Lipinski definition) is 0. The van der Waals surface area contributed by atoms with Crippen molar-refractivity contribution >= 4 is 0 Å². The van der Waals surface area contributed by atoms with Crippen LogP contribution in [0, 0.1) is 0 Å². The third-order valence-corrected chi connectivity index (χ3v) is 5.77. The van der Waals surface area contributed by atoms with E-state index in [1.807, 2.05) is 12.1 Å². The van der Waals surface area contributed by atoms with E-state index in [9.17, 15) is 0 Å². The summed E-state index contributed by atoms with van der Waals surface area (Å²) in [6.45, 7) is 4.17. The molecule has 0 amide bonds. The Morgan fingerprint density at radius 3 is 2.38 bits per heavy atom. The van der Waals surface area contributed by atoms with Gasteiger partial charge in [0.1, 0.15) is 5.75 Å². The van der Waals surface area contributed by atoms with Crippen LogP contribution in [0.15, 0.2) is 24.3 Å². The van der Waals surface area contributed by atoms with Gasteiger partial charge in [0.05, 0.1) is 19.2 Å². The number of hydrogen-bond acceptors (Lipinski definition) is 6. The molecule has 1 aromatic heterocycles. The van der Waals surface area contributed by atoms with Gasteiger partial charge in [-0.3, -0.25) is 4.90 Å². The van der Waals surface area contributed by atoms with Crippen LogP contribution in [0.5, 0.6) is 5.75 Å². The average molecular weight is 356 g/mol. The van der Waals surface area contributed by atoms with Crippen LogP contribution in [-0.2, 0) is 0 Å². The quantitative estimate of drug-likeness (QED) is 0.818. The van der Waals surface area contributed by atoms with E-state index in [1.165, 1.54) is 31.2 Å². The minimum atomic E-state index is 0.0882. The van der Waals surface area contributed by atoms with E-state index >= 15 is 0 Å². The number of aromatic nitrogens is 4. The zero-order chi connectivity index (χ0) is 17.9. The van der Waals surface area contributed by atoms with Crippen LogP contribution >= 0.6 is 0 Å². The van der Waals surface area contributed by atoms with Gasteiger partial charge in [-0.25, -0.2) is 4.68 Å². The average Bonchev–Trinajstić information content (AvgIpc) is 3.35. The van der Waals surface area contributed by atoms with Gasteiger partial charge in [0, 0.05) is 26.2 Å². The fourth-order valence-corrected chi connectivity index (χ4v) is 4.18. The van der Waals surface area contributed by atoms with Crippen molar-refractivity contribution in [3.8, 4) is 5.75 Å². The Balaban J connectivity index is 1.69. The Kier molecular flexibility index (Phi) is 5.17. The SMILES string of the molecule is COc1ccc(C(c2nnnn2C2CCCC2)N2CCN(C)CC2)cc1. The van der Waals surface area contributed by atoms with Crippen LogP contribution in [0.4, 0.5) is 0 Å². The molecule has 0 N–H and O–H groups in total. The molecule has 2 aliphatic rings. The van der Waals surface area contributed by atoms with E-state index in [2.05, 4.69) is 49.2 Å². The largest absolute Gasteiger partial charge is 0.497 e. The molecule has 1 unspecified atom stereocenters. The summed E-state index contributed by atoms with van der Waals surface area (Å²) in [6, 6.07) is 8.88. The van der Waals surface area contributed by atoms with E-state index < -0.39 is 0 Å². The summed E-state index contributed by atoms with van der Waals surface area (Å²) in [5, 5.41) is 12.9. The maximum atomic E-state index is 5.34. The minimum Gasteiger partial charge on any atom is -0.497 e. The molecule has 2 heterocycles. The second kappa shape index (κ2) is 7.72. The number of piperazine rings is 1. The molecule has 2 aromatic rings. The van der Waals surface area contributed by atoms with Crippen molar-refractivity contribution in [2.45, 2.75) is 37.8 Å². The molecule has 4 rings (SSSR count). The summed E-state index contributed by atoms with van der Waals surface area (Å²) >= 11 is 0. The van der Waals surface area contributed by atoms with E-state index in [0.717, 1.165) is 37.8 Å². The second-order valence-corrected chi connectivity index (χ2v) is 7.43. The number of benzene rings is 1. The fourth-order valence-electron chi connectivity index (χ4n) is 4.18. The van der Waals surface area contributed by atoms with Crippen LogP contribution in [0.25, 0.3) is 0 Å². The molecule has 0 bridgehead atoms. The summed E-state index contributed by atoms with van der Waals surface area (Å²) in [6.07, 6.45) is 4.89. The summed E-state index contributed by atoms with van der Waals surface area (Å²) in [5.74, 6) is 1.85. The van der Waals surface area contributed by atoms with Crippen LogP contribution < -0.4 is 4.74 Å². The molecule has 0 radical (unpaired) electrons. The highest BCUT2D eigenvalue weighted by atomic mass is 16.5. The monoisotopic (exact) mass is 356 g/mol. The van der Waals surface area contributed by atoms with Crippen molar-refractivity contribution in [3.05, 3.63) is 35.7 Å². The Labute approximate surface area is 154 Å². The molecule has 1 aliphatic carbocycles. The van der Waals surface area contributed by atoms with Gasteiger partial charge in [-0.15, -0.1) is 5.10 Å². The number of methoxy groups -OCH3 is 1. The topological polar surface area (TPSA) is 59.3 Å². The van der Waals surface area contributed by atoms with Crippen LogP contribution in [-0.4, -0.2) is 70.3 Å². The molecule has 7 nitrogen and oxygen atoms in total. The van der Waals surface area contributed by atoms with Gasteiger partial charge in [0.25, 0.3) is 0 Å². The lowest BCUT2D eigenvalue weighted by molar-refractivity contribution is 0.120. The minimum absolute atomic E-state index is 0.0882. The maximum Gasteiger partial charge on any atom is 0.173 e. The van der Waals surface area contributed by atoms with Crippen molar-refractivity contribution in [2.24, 2.45) is 0 Å². The number of ether oxygens (including phenoxy) is 1. The zero-order valence-electron chi connectivity index (χ0n) is 15.7. The second-order valence-electron chi connectivity index (χ2n) is 7.43. The van der Waals surface area contributed by atoms with E-state index in [0.29, 0.717) is 6.04 Å². The molecule has 1 saturated heterocycles. The molecule has 1 aliphatic heterocycles.